The number of hydrogen-bond donors (Lipinski definition) is 1. The van der Waals surface area contributed by atoms with Crippen LogP contribution in [0.15, 0.2) is 18.2 Å². The van der Waals surface area contributed by atoms with Crippen molar-refractivity contribution in [2.24, 2.45) is 0 Å². The van der Waals surface area contributed by atoms with E-state index in [1.807, 2.05) is 32.0 Å². The number of carbonyl (C=O) groups is 1. The van der Waals surface area contributed by atoms with Crippen molar-refractivity contribution < 1.29 is 9.53 Å². The predicted molar refractivity (Wildman–Crippen MR) is 69.8 cm³/mol. The van der Waals surface area contributed by atoms with Crippen molar-refractivity contribution >= 4 is 5.78 Å². The van der Waals surface area contributed by atoms with Crippen molar-refractivity contribution in [3.63, 3.8) is 0 Å². The summed E-state index contributed by atoms with van der Waals surface area (Å²) in [5, 5.41) is 3.13. The highest BCUT2D eigenvalue weighted by molar-refractivity contribution is 6.00. The molecule has 0 saturated heterocycles. The lowest BCUT2D eigenvalue weighted by atomic mass is 10.0. The Bertz CT molecular complexity index is 388. The summed E-state index contributed by atoms with van der Waals surface area (Å²) in [5.74, 6) is 0.976. The normalized spacial score (nSPS) is 12.2. The molecule has 0 heterocycles. The van der Waals surface area contributed by atoms with Crippen LogP contribution in [0.4, 0.5) is 0 Å². The van der Waals surface area contributed by atoms with Gasteiger partial charge in [-0.3, -0.25) is 4.79 Å². The molecule has 0 amide bonds. The Morgan fingerprint density at radius 2 is 2.12 bits per heavy atom. The van der Waals surface area contributed by atoms with Gasteiger partial charge in [0.05, 0.1) is 13.2 Å². The fourth-order valence-corrected chi connectivity index (χ4v) is 1.86. The van der Waals surface area contributed by atoms with Crippen molar-refractivity contribution in [2.45, 2.75) is 33.2 Å². The number of carbonyl (C=O) groups excluding carboxylic acids is 1. The summed E-state index contributed by atoms with van der Waals surface area (Å²) in [4.78, 5) is 12.1. The first-order valence-electron chi connectivity index (χ1n) is 6.08. The van der Waals surface area contributed by atoms with Gasteiger partial charge in [-0.2, -0.15) is 0 Å². The molecule has 0 aliphatic rings. The fraction of sp³-hybridized carbons (Fsp3) is 0.500. The number of ether oxygens (including phenoxy) is 1. The predicted octanol–water partition coefficient (Wildman–Crippen LogP) is 2.44. The molecule has 1 rings (SSSR count). The van der Waals surface area contributed by atoms with Gasteiger partial charge in [0.25, 0.3) is 0 Å². The molecular weight excluding hydrogens is 214 g/mol. The van der Waals surface area contributed by atoms with Crippen LogP contribution in [-0.4, -0.2) is 25.5 Å². The molecule has 94 valence electrons. The van der Waals surface area contributed by atoms with Gasteiger partial charge < -0.3 is 10.1 Å². The summed E-state index contributed by atoms with van der Waals surface area (Å²) in [6.07, 6.45) is 0.861. The first-order chi connectivity index (χ1) is 8.13. The molecule has 0 saturated carbocycles. The summed E-state index contributed by atoms with van der Waals surface area (Å²) in [5.41, 5.74) is 1.82. The van der Waals surface area contributed by atoms with E-state index >= 15 is 0 Å². The van der Waals surface area contributed by atoms with E-state index in [0.29, 0.717) is 0 Å². The molecule has 0 spiro atoms. The maximum absolute atomic E-state index is 12.1. The molecule has 1 aromatic carbocycles. The van der Waals surface area contributed by atoms with Gasteiger partial charge in [-0.05, 0) is 43.7 Å². The van der Waals surface area contributed by atoms with Gasteiger partial charge in [0.1, 0.15) is 5.75 Å². The Hall–Kier alpha value is -1.35. The number of methoxy groups -OCH3 is 1. The summed E-state index contributed by atoms with van der Waals surface area (Å²) >= 11 is 0. The minimum absolute atomic E-state index is 0.129. The van der Waals surface area contributed by atoms with Gasteiger partial charge in [-0.1, -0.05) is 13.8 Å². The third kappa shape index (κ3) is 3.30. The quantitative estimate of drug-likeness (QED) is 0.770. The Morgan fingerprint density at radius 1 is 1.41 bits per heavy atom. The monoisotopic (exact) mass is 235 g/mol. The minimum atomic E-state index is -0.141. The standard InChI is InChI=1S/C14H21NO2/c1-5-11-9-12(7-8-13(11)17-4)14(16)10(3)15-6-2/h7-10,15H,5-6H2,1-4H3. The average molecular weight is 235 g/mol. The van der Waals surface area contributed by atoms with Gasteiger partial charge >= 0.3 is 0 Å². The second kappa shape index (κ2) is 6.40. The summed E-state index contributed by atoms with van der Waals surface area (Å²) in [6.45, 7) is 6.74. The summed E-state index contributed by atoms with van der Waals surface area (Å²) in [7, 11) is 1.65. The van der Waals surface area contributed by atoms with E-state index in [-0.39, 0.29) is 11.8 Å². The maximum Gasteiger partial charge on any atom is 0.179 e. The SMILES string of the molecule is CCNC(C)C(=O)c1ccc(OC)c(CC)c1. The van der Waals surface area contributed by atoms with E-state index in [2.05, 4.69) is 12.2 Å². The third-order valence-electron chi connectivity index (χ3n) is 2.85. The van der Waals surface area contributed by atoms with Gasteiger partial charge in [0.15, 0.2) is 5.78 Å². The lowest BCUT2D eigenvalue weighted by Crippen LogP contribution is -2.33. The first kappa shape index (κ1) is 13.7. The van der Waals surface area contributed by atoms with Crippen LogP contribution >= 0.6 is 0 Å². The highest BCUT2D eigenvalue weighted by Crippen LogP contribution is 2.21. The molecule has 3 nitrogen and oxygen atoms in total. The summed E-state index contributed by atoms with van der Waals surface area (Å²) in [6, 6.07) is 5.48. The van der Waals surface area contributed by atoms with Gasteiger partial charge in [-0.25, -0.2) is 0 Å². The minimum Gasteiger partial charge on any atom is -0.496 e. The van der Waals surface area contributed by atoms with E-state index in [0.717, 1.165) is 29.8 Å². The highest BCUT2D eigenvalue weighted by Gasteiger charge is 2.15. The molecule has 0 fully saturated rings. The lowest BCUT2D eigenvalue weighted by Gasteiger charge is -2.13. The van der Waals surface area contributed by atoms with E-state index in [1.165, 1.54) is 0 Å². The smallest absolute Gasteiger partial charge is 0.179 e. The molecule has 3 heteroatoms. The van der Waals surface area contributed by atoms with Crippen LogP contribution in [0.5, 0.6) is 5.75 Å². The van der Waals surface area contributed by atoms with E-state index in [4.69, 9.17) is 4.74 Å². The molecule has 1 N–H and O–H groups in total. The number of rotatable bonds is 6. The Kier molecular flexibility index (Phi) is 5.16. The molecule has 1 aromatic rings. The molecule has 0 radical (unpaired) electrons. The van der Waals surface area contributed by atoms with Crippen molar-refractivity contribution in [2.75, 3.05) is 13.7 Å². The number of aryl methyl sites for hydroxylation is 1. The van der Waals surface area contributed by atoms with Gasteiger partial charge in [0, 0.05) is 5.56 Å². The highest BCUT2D eigenvalue weighted by atomic mass is 16.5. The number of hydrogen-bond acceptors (Lipinski definition) is 3. The third-order valence-corrected chi connectivity index (χ3v) is 2.85. The zero-order chi connectivity index (χ0) is 12.8. The number of ketones is 1. The number of nitrogens with one attached hydrogen (secondary N) is 1. The van der Waals surface area contributed by atoms with Crippen molar-refractivity contribution in [1.82, 2.24) is 5.32 Å². The van der Waals surface area contributed by atoms with Crippen molar-refractivity contribution in [3.05, 3.63) is 29.3 Å². The molecule has 17 heavy (non-hydrogen) atoms. The molecule has 1 atom stereocenters. The Labute approximate surface area is 103 Å². The lowest BCUT2D eigenvalue weighted by molar-refractivity contribution is 0.0952. The van der Waals surface area contributed by atoms with Crippen LogP contribution in [0.1, 0.15) is 36.7 Å². The average Bonchev–Trinajstić information content (AvgIpc) is 2.37. The Morgan fingerprint density at radius 3 is 2.65 bits per heavy atom. The number of likely N-dealkylation sites (N-methyl/N-ethyl adjacent to an activating group) is 1. The second-order valence-corrected chi connectivity index (χ2v) is 4.02. The van der Waals surface area contributed by atoms with E-state index in [1.54, 1.807) is 7.11 Å². The number of Topliss-reactive ketones (excluding diaryl/α,β-unsaturated/α-hetero) is 1. The fourth-order valence-electron chi connectivity index (χ4n) is 1.86. The van der Waals surface area contributed by atoms with Gasteiger partial charge in [0.2, 0.25) is 0 Å². The van der Waals surface area contributed by atoms with Crippen LogP contribution in [0, 0.1) is 0 Å². The topological polar surface area (TPSA) is 38.3 Å². The summed E-state index contributed by atoms with van der Waals surface area (Å²) < 4.78 is 5.25. The van der Waals surface area contributed by atoms with Crippen molar-refractivity contribution in [3.8, 4) is 5.75 Å². The molecule has 0 aliphatic carbocycles. The molecular formula is C14H21NO2. The van der Waals surface area contributed by atoms with Crippen LogP contribution in [0.2, 0.25) is 0 Å². The van der Waals surface area contributed by atoms with Crippen LogP contribution in [0.25, 0.3) is 0 Å². The maximum atomic E-state index is 12.1. The largest absolute Gasteiger partial charge is 0.496 e. The first-order valence-corrected chi connectivity index (χ1v) is 6.08. The second-order valence-electron chi connectivity index (χ2n) is 4.02. The van der Waals surface area contributed by atoms with Crippen LogP contribution in [-0.2, 0) is 6.42 Å². The van der Waals surface area contributed by atoms with Crippen molar-refractivity contribution in [1.29, 1.82) is 0 Å². The van der Waals surface area contributed by atoms with Crippen LogP contribution in [0.3, 0.4) is 0 Å². The number of benzene rings is 1. The van der Waals surface area contributed by atoms with Gasteiger partial charge in [-0.15, -0.1) is 0 Å². The van der Waals surface area contributed by atoms with E-state index < -0.39 is 0 Å². The van der Waals surface area contributed by atoms with E-state index in [9.17, 15) is 4.79 Å². The zero-order valence-corrected chi connectivity index (χ0v) is 11.0. The molecule has 0 aromatic heterocycles. The molecule has 1 unspecified atom stereocenters. The molecule has 0 bridgehead atoms. The Balaban J connectivity index is 2.95. The molecule has 0 aliphatic heterocycles. The zero-order valence-electron chi connectivity index (χ0n) is 11.0. The van der Waals surface area contributed by atoms with Crippen LogP contribution < -0.4 is 10.1 Å².